The molecule has 1 unspecified atom stereocenters. The van der Waals surface area contributed by atoms with Gasteiger partial charge in [-0.1, -0.05) is 12.2 Å². The van der Waals surface area contributed by atoms with E-state index in [1.54, 1.807) is 10.9 Å². The molecule has 3 rings (SSSR count). The van der Waals surface area contributed by atoms with Gasteiger partial charge in [-0.2, -0.15) is 0 Å². The molecule has 0 aliphatic heterocycles. The first-order valence-electron chi connectivity index (χ1n) is 5.47. The highest BCUT2D eigenvalue weighted by atomic mass is 32.1. The van der Waals surface area contributed by atoms with Crippen LogP contribution in [-0.4, -0.2) is 9.55 Å². The number of nitrogens with zero attached hydrogens (tertiary/aromatic N) is 2. The van der Waals surface area contributed by atoms with Gasteiger partial charge in [-0.05, 0) is 30.7 Å². The fraction of sp³-hybridized carbons (Fsp3) is 0.333. The lowest BCUT2D eigenvalue weighted by Crippen LogP contribution is -2.24. The molecule has 0 radical (unpaired) electrons. The Morgan fingerprint density at radius 1 is 1.50 bits per heavy atom. The van der Waals surface area contributed by atoms with Crippen LogP contribution in [0, 0.1) is 0 Å². The zero-order chi connectivity index (χ0) is 11.0. The van der Waals surface area contributed by atoms with Crippen LogP contribution in [0.3, 0.4) is 0 Å². The molecule has 0 aromatic carbocycles. The van der Waals surface area contributed by atoms with E-state index in [0.29, 0.717) is 0 Å². The second kappa shape index (κ2) is 3.87. The summed E-state index contributed by atoms with van der Waals surface area (Å²) in [6.45, 7) is 0. The molecule has 1 aliphatic carbocycles. The van der Waals surface area contributed by atoms with Crippen LogP contribution in [0.2, 0.25) is 0 Å². The van der Waals surface area contributed by atoms with Gasteiger partial charge in [-0.15, -0.1) is 11.3 Å². The summed E-state index contributed by atoms with van der Waals surface area (Å²) in [6, 6.07) is 2.09. The van der Waals surface area contributed by atoms with Crippen molar-refractivity contribution >= 4 is 21.6 Å². The summed E-state index contributed by atoms with van der Waals surface area (Å²) in [5.74, 6) is 0. The molecule has 0 bridgehead atoms. The van der Waals surface area contributed by atoms with Gasteiger partial charge in [0.25, 0.3) is 5.56 Å². The Morgan fingerprint density at radius 2 is 2.44 bits per heavy atom. The van der Waals surface area contributed by atoms with Crippen molar-refractivity contribution in [3.63, 3.8) is 0 Å². The maximum atomic E-state index is 12.2. The number of fused-ring (bicyclic) bond motifs is 1. The Hall–Kier alpha value is -1.42. The van der Waals surface area contributed by atoms with Gasteiger partial charge in [-0.25, -0.2) is 4.98 Å². The molecule has 2 heterocycles. The monoisotopic (exact) mass is 232 g/mol. The minimum Gasteiger partial charge on any atom is -0.291 e. The lowest BCUT2D eigenvalue weighted by atomic mass is 10.0. The van der Waals surface area contributed by atoms with Gasteiger partial charge in [-0.3, -0.25) is 9.36 Å². The Kier molecular flexibility index (Phi) is 2.36. The zero-order valence-electron chi connectivity index (χ0n) is 8.80. The Bertz CT molecular complexity index is 596. The summed E-state index contributed by atoms with van der Waals surface area (Å²) in [5.41, 5.74) is 0.905. The van der Waals surface area contributed by atoms with E-state index in [1.165, 1.54) is 11.3 Å². The second-order valence-electron chi connectivity index (χ2n) is 4.02. The summed E-state index contributed by atoms with van der Waals surface area (Å²) < 4.78 is 2.52. The highest BCUT2D eigenvalue weighted by Gasteiger charge is 2.14. The van der Waals surface area contributed by atoms with E-state index in [0.717, 1.165) is 29.5 Å². The van der Waals surface area contributed by atoms with Gasteiger partial charge in [0.2, 0.25) is 0 Å². The van der Waals surface area contributed by atoms with Crippen LogP contribution in [0.25, 0.3) is 10.2 Å². The van der Waals surface area contributed by atoms with Gasteiger partial charge in [0.1, 0.15) is 4.70 Å². The van der Waals surface area contributed by atoms with Crippen molar-refractivity contribution in [3.05, 3.63) is 40.3 Å². The standard InChI is InChI=1S/C12H12N2OS/c15-12-11-10(6-7-16-11)13-8-14(12)9-4-2-1-3-5-9/h2,4,6-9H,1,3,5H2. The number of allylic oxidation sites excluding steroid dienone is 2. The smallest absolute Gasteiger partial charge is 0.271 e. The van der Waals surface area contributed by atoms with Crippen LogP contribution in [0.5, 0.6) is 0 Å². The average Bonchev–Trinajstić information content (AvgIpc) is 2.80. The maximum absolute atomic E-state index is 12.2. The van der Waals surface area contributed by atoms with Crippen LogP contribution in [0.1, 0.15) is 25.3 Å². The number of aromatic nitrogens is 2. The first-order valence-corrected chi connectivity index (χ1v) is 6.35. The first kappa shape index (κ1) is 9.78. The molecule has 0 fully saturated rings. The van der Waals surface area contributed by atoms with E-state index in [-0.39, 0.29) is 11.6 Å². The van der Waals surface area contributed by atoms with Gasteiger partial charge >= 0.3 is 0 Å². The van der Waals surface area contributed by atoms with Gasteiger partial charge in [0, 0.05) is 0 Å². The fourth-order valence-corrected chi connectivity index (χ4v) is 2.90. The molecular formula is C12H12N2OS. The highest BCUT2D eigenvalue weighted by molar-refractivity contribution is 7.17. The third kappa shape index (κ3) is 1.50. The lowest BCUT2D eigenvalue weighted by Gasteiger charge is -2.18. The van der Waals surface area contributed by atoms with Crippen molar-refractivity contribution in [3.8, 4) is 0 Å². The number of hydrogen-bond acceptors (Lipinski definition) is 3. The molecule has 2 aromatic heterocycles. The minimum atomic E-state index is 0.0940. The van der Waals surface area contributed by atoms with E-state index in [2.05, 4.69) is 17.1 Å². The van der Waals surface area contributed by atoms with Gasteiger partial charge < -0.3 is 0 Å². The molecule has 82 valence electrons. The molecule has 1 atom stereocenters. The van der Waals surface area contributed by atoms with Crippen molar-refractivity contribution in [2.24, 2.45) is 0 Å². The van der Waals surface area contributed by atoms with E-state index in [1.807, 2.05) is 11.4 Å². The number of thiophene rings is 1. The van der Waals surface area contributed by atoms with Crippen molar-refractivity contribution < 1.29 is 0 Å². The topological polar surface area (TPSA) is 34.9 Å². The molecule has 1 aliphatic rings. The minimum absolute atomic E-state index is 0.0940. The fourth-order valence-electron chi connectivity index (χ4n) is 2.12. The summed E-state index contributed by atoms with van der Waals surface area (Å²) in [4.78, 5) is 16.5. The lowest BCUT2D eigenvalue weighted by molar-refractivity contribution is 0.502. The molecule has 0 N–H and O–H groups in total. The quantitative estimate of drug-likeness (QED) is 0.709. The normalized spacial score (nSPS) is 20.4. The van der Waals surface area contributed by atoms with Crippen LogP contribution in [-0.2, 0) is 0 Å². The second-order valence-corrected chi connectivity index (χ2v) is 4.93. The summed E-state index contributed by atoms with van der Waals surface area (Å²) in [6.07, 6.45) is 9.26. The molecule has 16 heavy (non-hydrogen) atoms. The molecule has 0 saturated carbocycles. The number of rotatable bonds is 1. The zero-order valence-corrected chi connectivity index (χ0v) is 9.61. The predicted molar refractivity (Wildman–Crippen MR) is 65.9 cm³/mol. The van der Waals surface area contributed by atoms with Gasteiger partial charge in [0.15, 0.2) is 0 Å². The maximum Gasteiger partial charge on any atom is 0.271 e. The van der Waals surface area contributed by atoms with Crippen molar-refractivity contribution in [1.29, 1.82) is 0 Å². The number of hydrogen-bond donors (Lipinski definition) is 0. The Balaban J connectivity index is 2.16. The molecule has 4 heteroatoms. The van der Waals surface area contributed by atoms with E-state index < -0.39 is 0 Å². The molecule has 3 nitrogen and oxygen atoms in total. The molecule has 0 amide bonds. The highest BCUT2D eigenvalue weighted by Crippen LogP contribution is 2.22. The largest absolute Gasteiger partial charge is 0.291 e. The SMILES string of the molecule is O=c1c2sccc2ncn1C1C=CCCC1. The summed E-state index contributed by atoms with van der Waals surface area (Å²) >= 11 is 1.47. The first-order chi connectivity index (χ1) is 7.86. The third-order valence-corrected chi connectivity index (χ3v) is 3.87. The molecule has 2 aromatic rings. The van der Waals surface area contributed by atoms with Crippen molar-refractivity contribution in [2.45, 2.75) is 25.3 Å². The van der Waals surface area contributed by atoms with Crippen molar-refractivity contribution in [2.75, 3.05) is 0 Å². The van der Waals surface area contributed by atoms with Gasteiger partial charge in [0.05, 0.1) is 17.9 Å². The molecular weight excluding hydrogens is 220 g/mol. The third-order valence-electron chi connectivity index (χ3n) is 2.98. The van der Waals surface area contributed by atoms with Crippen molar-refractivity contribution in [1.82, 2.24) is 9.55 Å². The predicted octanol–water partition coefficient (Wildman–Crippen LogP) is 2.74. The van der Waals surface area contributed by atoms with Crippen LogP contribution in [0.4, 0.5) is 0 Å². The van der Waals surface area contributed by atoms with E-state index in [9.17, 15) is 4.79 Å². The van der Waals surface area contributed by atoms with Crippen LogP contribution in [0.15, 0.2) is 34.7 Å². The van der Waals surface area contributed by atoms with Crippen LogP contribution < -0.4 is 5.56 Å². The van der Waals surface area contributed by atoms with E-state index >= 15 is 0 Å². The summed E-state index contributed by atoms with van der Waals surface area (Å²) in [7, 11) is 0. The molecule has 0 spiro atoms. The Labute approximate surface area is 97.1 Å². The van der Waals surface area contributed by atoms with Crippen LogP contribution >= 0.6 is 11.3 Å². The average molecular weight is 232 g/mol. The van der Waals surface area contributed by atoms with E-state index in [4.69, 9.17) is 0 Å². The summed E-state index contributed by atoms with van der Waals surface area (Å²) in [5, 5.41) is 1.92. The molecule has 0 saturated heterocycles. The Morgan fingerprint density at radius 3 is 3.25 bits per heavy atom.